The monoisotopic (exact) mass is 370 g/mol. The molecule has 0 saturated heterocycles. The highest BCUT2D eigenvalue weighted by Gasteiger charge is 2.09. The Morgan fingerprint density at radius 2 is 1.93 bits per heavy atom. The standard InChI is InChI=1S/C18H22N6O3/c25-11-13-27-12-10-19-15-6-7-16-21-22-17(24(16)23-15)8-9-20-18(26)14-4-2-1-3-5-14/h1-7,25H,8-13H2,(H,19,23)(H,20,26). The Balaban J connectivity index is 1.55. The van der Waals surface area contributed by atoms with Gasteiger partial charge in [-0.3, -0.25) is 4.79 Å². The molecule has 0 aliphatic carbocycles. The van der Waals surface area contributed by atoms with Gasteiger partial charge >= 0.3 is 0 Å². The number of aliphatic hydroxyl groups excluding tert-OH is 1. The van der Waals surface area contributed by atoms with E-state index >= 15 is 0 Å². The number of hydrogen-bond donors (Lipinski definition) is 3. The number of ether oxygens (including phenoxy) is 1. The van der Waals surface area contributed by atoms with Crippen molar-refractivity contribution in [1.82, 2.24) is 25.1 Å². The molecule has 0 bridgehead atoms. The second-order valence-corrected chi connectivity index (χ2v) is 5.74. The number of hydrogen-bond acceptors (Lipinski definition) is 7. The van der Waals surface area contributed by atoms with E-state index < -0.39 is 0 Å². The lowest BCUT2D eigenvalue weighted by Crippen LogP contribution is -2.26. The summed E-state index contributed by atoms with van der Waals surface area (Å²) in [6, 6.07) is 12.7. The maximum absolute atomic E-state index is 12.1. The molecule has 2 heterocycles. The van der Waals surface area contributed by atoms with Crippen LogP contribution < -0.4 is 10.6 Å². The van der Waals surface area contributed by atoms with Crippen LogP contribution in [0.5, 0.6) is 0 Å². The maximum atomic E-state index is 12.1. The minimum Gasteiger partial charge on any atom is -0.394 e. The van der Waals surface area contributed by atoms with Crippen molar-refractivity contribution in [3.05, 3.63) is 53.9 Å². The Labute approximate surface area is 156 Å². The van der Waals surface area contributed by atoms with Crippen LogP contribution in [0, 0.1) is 0 Å². The molecule has 27 heavy (non-hydrogen) atoms. The Bertz CT molecular complexity index is 868. The SMILES string of the molecule is O=C(NCCc1nnc2ccc(NCCOCCO)nn12)c1ccccc1. The molecule has 0 spiro atoms. The summed E-state index contributed by atoms with van der Waals surface area (Å²) in [5.74, 6) is 1.21. The zero-order valence-corrected chi connectivity index (χ0v) is 14.8. The minimum atomic E-state index is -0.123. The fourth-order valence-corrected chi connectivity index (χ4v) is 2.48. The van der Waals surface area contributed by atoms with Gasteiger partial charge < -0.3 is 20.5 Å². The third-order valence-corrected chi connectivity index (χ3v) is 3.79. The second-order valence-electron chi connectivity index (χ2n) is 5.74. The van der Waals surface area contributed by atoms with Gasteiger partial charge in [0.1, 0.15) is 5.82 Å². The van der Waals surface area contributed by atoms with Gasteiger partial charge in [0, 0.05) is 25.1 Å². The third-order valence-electron chi connectivity index (χ3n) is 3.79. The van der Waals surface area contributed by atoms with E-state index in [1.54, 1.807) is 16.6 Å². The first-order valence-electron chi connectivity index (χ1n) is 8.75. The van der Waals surface area contributed by atoms with E-state index in [-0.39, 0.29) is 12.5 Å². The summed E-state index contributed by atoms with van der Waals surface area (Å²) >= 11 is 0. The zero-order chi connectivity index (χ0) is 18.9. The van der Waals surface area contributed by atoms with Gasteiger partial charge in [-0.05, 0) is 24.3 Å². The maximum Gasteiger partial charge on any atom is 0.251 e. The van der Waals surface area contributed by atoms with Gasteiger partial charge in [0.2, 0.25) is 0 Å². The minimum absolute atomic E-state index is 0.00901. The molecule has 9 nitrogen and oxygen atoms in total. The summed E-state index contributed by atoms with van der Waals surface area (Å²) < 4.78 is 6.86. The van der Waals surface area contributed by atoms with Crippen LogP contribution in [-0.4, -0.2) is 63.7 Å². The van der Waals surface area contributed by atoms with E-state index in [0.29, 0.717) is 55.6 Å². The molecule has 0 unspecified atom stereocenters. The van der Waals surface area contributed by atoms with Gasteiger partial charge in [-0.2, -0.15) is 4.52 Å². The van der Waals surface area contributed by atoms with Crippen molar-refractivity contribution >= 4 is 17.4 Å². The summed E-state index contributed by atoms with van der Waals surface area (Å²) in [6.07, 6.45) is 0.510. The molecule has 0 aliphatic rings. The van der Waals surface area contributed by atoms with E-state index in [2.05, 4.69) is 25.9 Å². The number of carbonyl (C=O) groups excluding carboxylic acids is 1. The molecule has 1 aromatic carbocycles. The predicted molar refractivity (Wildman–Crippen MR) is 99.7 cm³/mol. The molecule has 0 atom stereocenters. The Hall–Kier alpha value is -3.04. The van der Waals surface area contributed by atoms with Gasteiger partial charge in [0.15, 0.2) is 11.5 Å². The largest absolute Gasteiger partial charge is 0.394 e. The molecule has 1 amide bonds. The van der Waals surface area contributed by atoms with Gasteiger partial charge in [0.05, 0.1) is 19.8 Å². The number of aromatic nitrogens is 4. The molecule has 142 valence electrons. The van der Waals surface area contributed by atoms with E-state index in [1.807, 2.05) is 30.3 Å². The number of benzene rings is 1. The Morgan fingerprint density at radius 3 is 2.74 bits per heavy atom. The number of fused-ring (bicyclic) bond motifs is 1. The van der Waals surface area contributed by atoms with Gasteiger partial charge in [0.25, 0.3) is 5.91 Å². The van der Waals surface area contributed by atoms with Crippen LogP contribution in [0.3, 0.4) is 0 Å². The molecular weight excluding hydrogens is 348 g/mol. The van der Waals surface area contributed by atoms with E-state index in [9.17, 15) is 4.79 Å². The molecule has 0 radical (unpaired) electrons. The summed E-state index contributed by atoms with van der Waals surface area (Å²) in [4.78, 5) is 12.1. The first kappa shape index (κ1) is 18.7. The van der Waals surface area contributed by atoms with Crippen LogP contribution >= 0.6 is 0 Å². The first-order chi connectivity index (χ1) is 13.3. The highest BCUT2D eigenvalue weighted by atomic mass is 16.5. The van der Waals surface area contributed by atoms with Gasteiger partial charge in [-0.25, -0.2) is 0 Å². The summed E-state index contributed by atoms with van der Waals surface area (Å²) in [5, 5.41) is 27.4. The van der Waals surface area contributed by atoms with Crippen LogP contribution in [0.2, 0.25) is 0 Å². The van der Waals surface area contributed by atoms with Crippen molar-refractivity contribution in [3.63, 3.8) is 0 Å². The first-order valence-corrected chi connectivity index (χ1v) is 8.75. The van der Waals surface area contributed by atoms with Crippen LogP contribution in [0.4, 0.5) is 5.82 Å². The molecule has 0 fully saturated rings. The number of nitrogens with zero attached hydrogens (tertiary/aromatic N) is 4. The van der Waals surface area contributed by atoms with Crippen molar-refractivity contribution in [2.75, 3.05) is 38.2 Å². The molecule has 0 saturated carbocycles. The quantitative estimate of drug-likeness (QED) is 0.446. The Kier molecular flexibility index (Phi) is 6.66. The summed E-state index contributed by atoms with van der Waals surface area (Å²) in [6.45, 7) is 1.81. The number of rotatable bonds is 10. The lowest BCUT2D eigenvalue weighted by atomic mass is 10.2. The zero-order valence-electron chi connectivity index (χ0n) is 14.8. The van der Waals surface area contributed by atoms with Crippen LogP contribution in [0.25, 0.3) is 5.65 Å². The number of aliphatic hydroxyl groups is 1. The fraction of sp³-hybridized carbons (Fsp3) is 0.333. The smallest absolute Gasteiger partial charge is 0.251 e. The van der Waals surface area contributed by atoms with Crippen LogP contribution in [-0.2, 0) is 11.2 Å². The summed E-state index contributed by atoms with van der Waals surface area (Å²) in [7, 11) is 0. The molecule has 0 aliphatic heterocycles. The average molecular weight is 370 g/mol. The lowest BCUT2D eigenvalue weighted by Gasteiger charge is -2.07. The predicted octanol–water partition coefficient (Wildman–Crippen LogP) is 0.518. The molecule has 2 aromatic heterocycles. The van der Waals surface area contributed by atoms with Crippen molar-refractivity contribution in [2.45, 2.75) is 6.42 Å². The molecule has 3 aromatic rings. The fourth-order valence-electron chi connectivity index (χ4n) is 2.48. The van der Waals surface area contributed by atoms with Gasteiger partial charge in [-0.15, -0.1) is 15.3 Å². The second kappa shape index (κ2) is 9.60. The third kappa shape index (κ3) is 5.22. The van der Waals surface area contributed by atoms with E-state index in [1.165, 1.54) is 0 Å². The van der Waals surface area contributed by atoms with Crippen molar-refractivity contribution in [3.8, 4) is 0 Å². The lowest BCUT2D eigenvalue weighted by molar-refractivity contribution is 0.0954. The Morgan fingerprint density at radius 1 is 1.07 bits per heavy atom. The number of carbonyl (C=O) groups is 1. The topological polar surface area (TPSA) is 114 Å². The average Bonchev–Trinajstić information content (AvgIpc) is 3.11. The van der Waals surface area contributed by atoms with Gasteiger partial charge in [-0.1, -0.05) is 18.2 Å². The molecule has 9 heteroatoms. The molecule has 3 rings (SSSR count). The molecular formula is C18H22N6O3. The number of anilines is 1. The van der Waals surface area contributed by atoms with Crippen LogP contribution in [0.15, 0.2) is 42.5 Å². The normalized spacial score (nSPS) is 10.9. The number of amides is 1. The highest BCUT2D eigenvalue weighted by molar-refractivity contribution is 5.94. The summed E-state index contributed by atoms with van der Waals surface area (Å²) in [5.41, 5.74) is 1.26. The highest BCUT2D eigenvalue weighted by Crippen LogP contribution is 2.07. The van der Waals surface area contributed by atoms with E-state index in [0.717, 1.165) is 0 Å². The van der Waals surface area contributed by atoms with Crippen molar-refractivity contribution in [1.29, 1.82) is 0 Å². The van der Waals surface area contributed by atoms with Crippen molar-refractivity contribution in [2.24, 2.45) is 0 Å². The van der Waals surface area contributed by atoms with Crippen molar-refractivity contribution < 1.29 is 14.6 Å². The number of nitrogens with one attached hydrogen (secondary N) is 2. The molecule has 3 N–H and O–H groups in total. The van der Waals surface area contributed by atoms with E-state index in [4.69, 9.17) is 9.84 Å². The van der Waals surface area contributed by atoms with Crippen LogP contribution in [0.1, 0.15) is 16.2 Å².